The van der Waals surface area contributed by atoms with E-state index in [1.54, 1.807) is 0 Å². The smallest absolute Gasteiger partial charge is 0.293 e. The molecule has 0 aromatic heterocycles. The lowest BCUT2D eigenvalue weighted by atomic mass is 9.99. The Hall–Kier alpha value is -1.06. The van der Waals surface area contributed by atoms with E-state index in [1.165, 1.54) is 77.0 Å². The summed E-state index contributed by atoms with van der Waals surface area (Å²) in [6.07, 6.45) is 23.8. The fourth-order valence-corrected chi connectivity index (χ4v) is 3.98. The molecule has 0 unspecified atom stereocenters. The first kappa shape index (κ1) is 28.9. The summed E-state index contributed by atoms with van der Waals surface area (Å²) in [7, 11) is 0. The van der Waals surface area contributed by atoms with E-state index in [1.807, 2.05) is 0 Å². The van der Waals surface area contributed by atoms with Crippen molar-refractivity contribution < 1.29 is 14.3 Å². The number of unbranched alkanes of at least 4 members (excludes halogenated alkanes) is 14. The van der Waals surface area contributed by atoms with Gasteiger partial charge < -0.3 is 10.1 Å². The van der Waals surface area contributed by atoms with Gasteiger partial charge in [-0.15, -0.1) is 0 Å². The normalized spacial score (nSPS) is 11.0. The van der Waals surface area contributed by atoms with Crippen LogP contribution in [0.5, 0.6) is 0 Å². The van der Waals surface area contributed by atoms with Crippen LogP contribution in [0.4, 0.5) is 0 Å². The fraction of sp³-hybridized carbons (Fsp3) is 0.923. The molecule has 30 heavy (non-hydrogen) atoms. The van der Waals surface area contributed by atoms with Gasteiger partial charge in [0, 0.05) is 12.5 Å². The zero-order chi connectivity index (χ0) is 22.1. The summed E-state index contributed by atoms with van der Waals surface area (Å²) < 4.78 is 4.70. The highest BCUT2D eigenvalue weighted by Gasteiger charge is 2.12. The van der Waals surface area contributed by atoms with E-state index in [4.69, 9.17) is 4.74 Å². The maximum absolute atomic E-state index is 12.4. The molecule has 0 atom stereocenters. The van der Waals surface area contributed by atoms with Crippen LogP contribution in [0.15, 0.2) is 0 Å². The molecule has 0 aliphatic rings. The van der Waals surface area contributed by atoms with Crippen LogP contribution in [-0.4, -0.2) is 25.0 Å². The van der Waals surface area contributed by atoms with Crippen molar-refractivity contribution in [3.05, 3.63) is 0 Å². The van der Waals surface area contributed by atoms with Crippen LogP contribution in [0.1, 0.15) is 142 Å². The molecule has 0 aliphatic heterocycles. The summed E-state index contributed by atoms with van der Waals surface area (Å²) in [5.41, 5.74) is 0. The molecule has 4 heteroatoms. The third-order valence-electron chi connectivity index (χ3n) is 5.91. The molecule has 0 saturated carbocycles. The van der Waals surface area contributed by atoms with Gasteiger partial charge in [-0.25, -0.2) is 0 Å². The third-order valence-corrected chi connectivity index (χ3v) is 5.91. The summed E-state index contributed by atoms with van der Waals surface area (Å²) in [5, 5.41) is 3.34. The molecule has 0 aromatic rings. The Labute approximate surface area is 187 Å². The second-order valence-electron chi connectivity index (χ2n) is 8.86. The largest absolute Gasteiger partial charge is 0.468 e. The van der Waals surface area contributed by atoms with Crippen molar-refractivity contribution in [2.24, 2.45) is 0 Å². The number of amides is 1. The van der Waals surface area contributed by atoms with E-state index < -0.39 is 0 Å². The SMILES string of the molecule is CCCCCCCCC(CCCCCCCC)NC(=O)CCCCCCCOC=O. The molecule has 0 heterocycles. The van der Waals surface area contributed by atoms with Gasteiger partial charge in [-0.05, 0) is 25.7 Å². The van der Waals surface area contributed by atoms with E-state index in [0.29, 0.717) is 25.5 Å². The van der Waals surface area contributed by atoms with Crippen LogP contribution >= 0.6 is 0 Å². The third kappa shape index (κ3) is 21.6. The summed E-state index contributed by atoms with van der Waals surface area (Å²) in [6.45, 7) is 5.54. The number of carbonyl (C=O) groups excluding carboxylic acids is 2. The highest BCUT2D eigenvalue weighted by molar-refractivity contribution is 5.76. The van der Waals surface area contributed by atoms with Gasteiger partial charge in [0.05, 0.1) is 6.61 Å². The van der Waals surface area contributed by atoms with Gasteiger partial charge >= 0.3 is 0 Å². The maximum Gasteiger partial charge on any atom is 0.293 e. The van der Waals surface area contributed by atoms with Crippen LogP contribution in [-0.2, 0) is 14.3 Å². The van der Waals surface area contributed by atoms with Crippen molar-refractivity contribution in [3.8, 4) is 0 Å². The first-order valence-electron chi connectivity index (χ1n) is 13.1. The van der Waals surface area contributed by atoms with Crippen LogP contribution in [0, 0.1) is 0 Å². The lowest BCUT2D eigenvalue weighted by Crippen LogP contribution is -2.34. The minimum atomic E-state index is 0.237. The molecule has 1 N–H and O–H groups in total. The van der Waals surface area contributed by atoms with E-state index in [0.717, 1.165) is 44.9 Å². The Kier molecular flexibility index (Phi) is 23.4. The number of carbonyl (C=O) groups is 2. The topological polar surface area (TPSA) is 55.4 Å². The van der Waals surface area contributed by atoms with Crippen LogP contribution in [0.2, 0.25) is 0 Å². The van der Waals surface area contributed by atoms with Gasteiger partial charge in [0.15, 0.2) is 0 Å². The van der Waals surface area contributed by atoms with Crippen molar-refractivity contribution in [2.75, 3.05) is 6.61 Å². The molecule has 0 fully saturated rings. The summed E-state index contributed by atoms with van der Waals surface area (Å²) in [4.78, 5) is 22.5. The van der Waals surface area contributed by atoms with E-state index in [9.17, 15) is 9.59 Å². The predicted molar refractivity (Wildman–Crippen MR) is 128 cm³/mol. The zero-order valence-electron chi connectivity index (χ0n) is 20.2. The number of rotatable bonds is 24. The standard InChI is InChI=1S/C26H51NO3/c1-3-5-7-9-12-16-20-25(21-17-13-10-8-6-4-2)27-26(29)22-18-14-11-15-19-23-30-24-28/h24-25H,3-23H2,1-2H3,(H,27,29). The molecule has 0 aliphatic carbocycles. The summed E-state index contributed by atoms with van der Waals surface area (Å²) in [6, 6.07) is 0.371. The Morgan fingerprint density at radius 1 is 0.700 bits per heavy atom. The molecule has 4 nitrogen and oxygen atoms in total. The molecule has 1 amide bonds. The zero-order valence-corrected chi connectivity index (χ0v) is 20.2. The van der Waals surface area contributed by atoms with Gasteiger partial charge in [0.1, 0.15) is 0 Å². The molecule has 0 rings (SSSR count). The highest BCUT2D eigenvalue weighted by atomic mass is 16.5. The van der Waals surface area contributed by atoms with Crippen molar-refractivity contribution in [1.29, 1.82) is 0 Å². The Balaban J connectivity index is 3.97. The fourth-order valence-electron chi connectivity index (χ4n) is 3.98. The van der Waals surface area contributed by atoms with Crippen LogP contribution < -0.4 is 5.32 Å². The second kappa shape index (κ2) is 24.2. The van der Waals surface area contributed by atoms with Crippen molar-refractivity contribution in [2.45, 2.75) is 148 Å². The average molecular weight is 426 g/mol. The molecular formula is C26H51NO3. The molecule has 0 saturated heterocycles. The maximum atomic E-state index is 12.4. The Morgan fingerprint density at radius 2 is 1.17 bits per heavy atom. The molecular weight excluding hydrogens is 374 g/mol. The monoisotopic (exact) mass is 425 g/mol. The molecule has 0 radical (unpaired) electrons. The second-order valence-corrected chi connectivity index (χ2v) is 8.86. The summed E-state index contributed by atoms with van der Waals surface area (Å²) in [5.74, 6) is 0.237. The van der Waals surface area contributed by atoms with Gasteiger partial charge in [0.25, 0.3) is 6.47 Å². The Bertz CT molecular complexity index is 357. The Morgan fingerprint density at radius 3 is 1.70 bits per heavy atom. The van der Waals surface area contributed by atoms with Crippen molar-refractivity contribution in [3.63, 3.8) is 0 Å². The molecule has 178 valence electrons. The van der Waals surface area contributed by atoms with Gasteiger partial charge in [-0.2, -0.15) is 0 Å². The lowest BCUT2D eigenvalue weighted by Gasteiger charge is -2.19. The van der Waals surface area contributed by atoms with Gasteiger partial charge in [0.2, 0.25) is 5.91 Å². The van der Waals surface area contributed by atoms with E-state index >= 15 is 0 Å². The minimum Gasteiger partial charge on any atom is -0.468 e. The summed E-state index contributed by atoms with van der Waals surface area (Å²) >= 11 is 0. The van der Waals surface area contributed by atoms with E-state index in [-0.39, 0.29) is 5.91 Å². The van der Waals surface area contributed by atoms with Gasteiger partial charge in [-0.1, -0.05) is 110 Å². The first-order chi connectivity index (χ1) is 14.7. The lowest BCUT2D eigenvalue weighted by molar-refractivity contribution is -0.128. The highest BCUT2D eigenvalue weighted by Crippen LogP contribution is 2.15. The van der Waals surface area contributed by atoms with Crippen LogP contribution in [0.25, 0.3) is 0 Å². The van der Waals surface area contributed by atoms with Crippen molar-refractivity contribution >= 4 is 12.4 Å². The number of hydrogen-bond acceptors (Lipinski definition) is 3. The predicted octanol–water partition coefficient (Wildman–Crippen LogP) is 7.49. The number of ether oxygens (including phenoxy) is 1. The van der Waals surface area contributed by atoms with Gasteiger partial charge in [-0.3, -0.25) is 9.59 Å². The number of nitrogens with one attached hydrogen (secondary N) is 1. The van der Waals surface area contributed by atoms with Crippen LogP contribution in [0.3, 0.4) is 0 Å². The molecule has 0 spiro atoms. The average Bonchev–Trinajstić information content (AvgIpc) is 2.74. The van der Waals surface area contributed by atoms with Crippen molar-refractivity contribution in [1.82, 2.24) is 5.32 Å². The van der Waals surface area contributed by atoms with E-state index in [2.05, 4.69) is 19.2 Å². The minimum absolute atomic E-state index is 0.237. The molecule has 0 bridgehead atoms. The quantitative estimate of drug-likeness (QED) is 0.129. The number of hydrogen-bond donors (Lipinski definition) is 1. The molecule has 0 aromatic carbocycles. The first-order valence-corrected chi connectivity index (χ1v) is 13.1.